The van der Waals surface area contributed by atoms with Crippen molar-refractivity contribution in [1.29, 1.82) is 0 Å². The van der Waals surface area contributed by atoms with Gasteiger partial charge in [-0.15, -0.1) is 5.11 Å². The Bertz CT molecular complexity index is 1090. The molecule has 7 nitrogen and oxygen atoms in total. The summed E-state index contributed by atoms with van der Waals surface area (Å²) >= 11 is 0. The summed E-state index contributed by atoms with van der Waals surface area (Å²) in [5.74, 6) is 0.453. The predicted octanol–water partition coefficient (Wildman–Crippen LogP) is 4.52. The van der Waals surface area contributed by atoms with Crippen LogP contribution in [0.1, 0.15) is 25.8 Å². The molecule has 0 aliphatic carbocycles. The van der Waals surface area contributed by atoms with E-state index >= 15 is 0 Å². The summed E-state index contributed by atoms with van der Waals surface area (Å²) < 4.78 is 22.6. The number of sulfonamides is 1. The number of benzene rings is 2. The minimum Gasteiger partial charge on any atom is -0.493 e. The average molecular weight is 386 g/mol. The summed E-state index contributed by atoms with van der Waals surface area (Å²) in [4.78, 5) is 2.94. The van der Waals surface area contributed by atoms with Crippen molar-refractivity contribution in [2.75, 3.05) is 0 Å². The maximum Gasteiger partial charge on any atom is 0.238 e. The number of hydrogen-bond donors (Lipinski definition) is 3. The van der Waals surface area contributed by atoms with E-state index in [0.29, 0.717) is 17.3 Å². The zero-order chi connectivity index (χ0) is 19.6. The van der Waals surface area contributed by atoms with E-state index in [1.54, 1.807) is 0 Å². The van der Waals surface area contributed by atoms with E-state index in [-0.39, 0.29) is 10.8 Å². The standard InChI is InChI=1S/C19H22N4O3S/c1-3-12(2)11-13-5-4-6-16-17(13)18(19(24)21-16)23-22-14-7-9-15(10-8-14)27(20,25)26/h4-10,12,21,24H,3,11H2,1-2H3,(H2,20,25,26). The van der Waals surface area contributed by atoms with E-state index in [2.05, 4.69) is 29.1 Å². The summed E-state index contributed by atoms with van der Waals surface area (Å²) in [7, 11) is -3.75. The number of rotatable bonds is 6. The molecule has 142 valence electrons. The number of fused-ring (bicyclic) bond motifs is 1. The molecule has 1 atom stereocenters. The van der Waals surface area contributed by atoms with Gasteiger partial charge in [0.05, 0.1) is 16.1 Å². The van der Waals surface area contributed by atoms with Crippen molar-refractivity contribution in [2.24, 2.45) is 21.3 Å². The number of aromatic amines is 1. The zero-order valence-electron chi connectivity index (χ0n) is 15.2. The van der Waals surface area contributed by atoms with Crippen LogP contribution in [0.3, 0.4) is 0 Å². The van der Waals surface area contributed by atoms with Crippen LogP contribution in [-0.2, 0) is 16.4 Å². The van der Waals surface area contributed by atoms with Crippen LogP contribution in [0.25, 0.3) is 10.9 Å². The number of nitrogens with one attached hydrogen (secondary N) is 1. The van der Waals surface area contributed by atoms with Crippen molar-refractivity contribution >= 4 is 32.3 Å². The molecule has 3 aromatic rings. The highest BCUT2D eigenvalue weighted by Crippen LogP contribution is 2.39. The average Bonchev–Trinajstić information content (AvgIpc) is 2.95. The number of hydrogen-bond acceptors (Lipinski definition) is 5. The second kappa shape index (κ2) is 7.50. The van der Waals surface area contributed by atoms with Gasteiger partial charge in [0.1, 0.15) is 0 Å². The molecule has 0 fully saturated rings. The molecular formula is C19H22N4O3S. The molecule has 0 aliphatic rings. The van der Waals surface area contributed by atoms with Crippen LogP contribution in [-0.4, -0.2) is 18.5 Å². The summed E-state index contributed by atoms with van der Waals surface area (Å²) in [5, 5.41) is 24.6. The fourth-order valence-electron chi connectivity index (χ4n) is 2.89. The maximum atomic E-state index is 11.3. The van der Waals surface area contributed by atoms with Crippen LogP contribution in [0.15, 0.2) is 57.6 Å². The summed E-state index contributed by atoms with van der Waals surface area (Å²) in [5.41, 5.74) is 2.72. The first-order valence-corrected chi connectivity index (χ1v) is 10.2. The van der Waals surface area contributed by atoms with Gasteiger partial charge in [0.15, 0.2) is 5.69 Å². The van der Waals surface area contributed by atoms with Crippen molar-refractivity contribution in [3.63, 3.8) is 0 Å². The lowest BCUT2D eigenvalue weighted by Gasteiger charge is -2.09. The lowest BCUT2D eigenvalue weighted by molar-refractivity contribution is 0.459. The lowest BCUT2D eigenvalue weighted by atomic mass is 9.96. The van der Waals surface area contributed by atoms with E-state index in [9.17, 15) is 13.5 Å². The van der Waals surface area contributed by atoms with Gasteiger partial charge in [0, 0.05) is 5.39 Å². The van der Waals surface area contributed by atoms with Gasteiger partial charge in [-0.25, -0.2) is 13.6 Å². The molecule has 0 bridgehead atoms. The molecule has 3 rings (SSSR count). The normalized spacial score (nSPS) is 13.4. The van der Waals surface area contributed by atoms with Crippen molar-refractivity contribution < 1.29 is 13.5 Å². The fraction of sp³-hybridized carbons (Fsp3) is 0.263. The van der Waals surface area contributed by atoms with Gasteiger partial charge in [-0.3, -0.25) is 0 Å². The largest absolute Gasteiger partial charge is 0.493 e. The van der Waals surface area contributed by atoms with Gasteiger partial charge in [-0.05, 0) is 48.2 Å². The van der Waals surface area contributed by atoms with Gasteiger partial charge in [-0.1, -0.05) is 32.4 Å². The number of nitrogens with zero attached hydrogens (tertiary/aromatic N) is 2. The van der Waals surface area contributed by atoms with E-state index in [4.69, 9.17) is 5.14 Å². The van der Waals surface area contributed by atoms with Crippen LogP contribution in [0.2, 0.25) is 0 Å². The van der Waals surface area contributed by atoms with E-state index < -0.39 is 10.0 Å². The molecule has 1 unspecified atom stereocenters. The molecular weight excluding hydrogens is 364 g/mol. The van der Waals surface area contributed by atoms with Gasteiger partial charge >= 0.3 is 0 Å². The Kier molecular flexibility index (Phi) is 5.29. The molecule has 1 heterocycles. The van der Waals surface area contributed by atoms with Crippen molar-refractivity contribution in [3.8, 4) is 5.88 Å². The summed E-state index contributed by atoms with van der Waals surface area (Å²) in [6.45, 7) is 4.32. The third kappa shape index (κ3) is 4.17. The third-order valence-corrected chi connectivity index (χ3v) is 5.49. The number of azo groups is 1. The lowest BCUT2D eigenvalue weighted by Crippen LogP contribution is -2.11. The van der Waals surface area contributed by atoms with Gasteiger partial charge in [-0.2, -0.15) is 5.11 Å². The van der Waals surface area contributed by atoms with Crippen molar-refractivity contribution in [2.45, 2.75) is 31.6 Å². The van der Waals surface area contributed by atoms with E-state index in [0.717, 1.165) is 29.3 Å². The summed E-state index contributed by atoms with van der Waals surface area (Å²) in [6, 6.07) is 11.6. The van der Waals surface area contributed by atoms with E-state index in [1.807, 2.05) is 18.2 Å². The second-order valence-electron chi connectivity index (χ2n) is 6.62. The molecule has 2 aromatic carbocycles. The molecule has 8 heteroatoms. The molecule has 0 radical (unpaired) electrons. The quantitative estimate of drug-likeness (QED) is 0.540. The molecule has 0 spiro atoms. The Morgan fingerprint density at radius 3 is 2.48 bits per heavy atom. The number of aromatic nitrogens is 1. The molecule has 0 saturated heterocycles. The van der Waals surface area contributed by atoms with Crippen LogP contribution >= 0.6 is 0 Å². The molecule has 1 aromatic heterocycles. The molecule has 4 N–H and O–H groups in total. The van der Waals surface area contributed by atoms with Crippen molar-refractivity contribution in [1.82, 2.24) is 4.98 Å². The first-order valence-electron chi connectivity index (χ1n) is 8.66. The van der Waals surface area contributed by atoms with Crippen LogP contribution in [0, 0.1) is 5.92 Å². The Balaban J connectivity index is 1.99. The number of H-pyrrole nitrogens is 1. The SMILES string of the molecule is CCC(C)Cc1cccc2[nH]c(O)c(N=Nc3ccc(S(N)(=O)=O)cc3)c12. The molecule has 0 saturated carbocycles. The van der Waals surface area contributed by atoms with Crippen LogP contribution < -0.4 is 5.14 Å². The smallest absolute Gasteiger partial charge is 0.238 e. The predicted molar refractivity (Wildman–Crippen MR) is 105 cm³/mol. The number of primary sulfonamides is 1. The van der Waals surface area contributed by atoms with Crippen molar-refractivity contribution in [3.05, 3.63) is 48.0 Å². The Hall–Kier alpha value is -2.71. The maximum absolute atomic E-state index is 11.3. The second-order valence-corrected chi connectivity index (χ2v) is 8.18. The topological polar surface area (TPSA) is 121 Å². The highest BCUT2D eigenvalue weighted by molar-refractivity contribution is 7.89. The van der Waals surface area contributed by atoms with Gasteiger partial charge in [0.25, 0.3) is 0 Å². The molecule has 0 aliphatic heterocycles. The monoisotopic (exact) mass is 386 g/mol. The fourth-order valence-corrected chi connectivity index (χ4v) is 3.40. The first kappa shape index (κ1) is 19.1. The van der Waals surface area contributed by atoms with Gasteiger partial charge < -0.3 is 10.1 Å². The number of aromatic hydroxyl groups is 1. The Morgan fingerprint density at radius 1 is 1.15 bits per heavy atom. The van der Waals surface area contributed by atoms with E-state index in [1.165, 1.54) is 24.3 Å². The molecule has 27 heavy (non-hydrogen) atoms. The first-order chi connectivity index (χ1) is 12.8. The van der Waals surface area contributed by atoms with Crippen LogP contribution in [0.5, 0.6) is 5.88 Å². The minimum absolute atomic E-state index is 0.00670. The third-order valence-electron chi connectivity index (χ3n) is 4.56. The highest BCUT2D eigenvalue weighted by Gasteiger charge is 2.15. The van der Waals surface area contributed by atoms with Crippen LogP contribution in [0.4, 0.5) is 11.4 Å². The van der Waals surface area contributed by atoms with Gasteiger partial charge in [0.2, 0.25) is 15.9 Å². The summed E-state index contributed by atoms with van der Waals surface area (Å²) in [6.07, 6.45) is 1.93. The zero-order valence-corrected chi connectivity index (χ0v) is 16.0. The highest BCUT2D eigenvalue weighted by atomic mass is 32.2. The molecule has 0 amide bonds. The Labute approximate surface area is 158 Å². The minimum atomic E-state index is -3.75. The number of nitrogens with two attached hydrogens (primary N) is 1. The Morgan fingerprint density at radius 2 is 1.85 bits per heavy atom.